The van der Waals surface area contributed by atoms with Gasteiger partial charge in [-0.15, -0.1) is 11.3 Å². The van der Waals surface area contributed by atoms with Crippen LogP contribution in [0, 0.1) is 0 Å². The quantitative estimate of drug-likeness (QED) is 0.803. The third-order valence-electron chi connectivity index (χ3n) is 3.73. The molecule has 1 aliphatic carbocycles. The van der Waals surface area contributed by atoms with Crippen molar-refractivity contribution in [2.24, 2.45) is 0 Å². The lowest BCUT2D eigenvalue weighted by Gasteiger charge is -2.24. The Morgan fingerprint density at radius 1 is 1.25 bits per heavy atom. The maximum absolute atomic E-state index is 10.4. The Morgan fingerprint density at radius 2 is 2.00 bits per heavy atom. The topological polar surface area (TPSA) is 49.5 Å². The minimum absolute atomic E-state index is 0.448. The average molecular weight is 288 g/mol. The molecule has 0 bridgehead atoms. The Morgan fingerprint density at radius 3 is 2.60 bits per heavy atom. The summed E-state index contributed by atoms with van der Waals surface area (Å²) in [6.07, 6.45) is 2.05. The fourth-order valence-electron chi connectivity index (χ4n) is 2.43. The van der Waals surface area contributed by atoms with Gasteiger partial charge in [0, 0.05) is 29.7 Å². The summed E-state index contributed by atoms with van der Waals surface area (Å²) in [5, 5.41) is 12.5. The molecule has 3 rings (SSSR count). The lowest BCUT2D eigenvalue weighted by Crippen LogP contribution is -2.30. The van der Waals surface area contributed by atoms with E-state index >= 15 is 0 Å². The van der Waals surface area contributed by atoms with Gasteiger partial charge >= 0.3 is 0 Å². The Bertz CT molecular complexity index is 534. The predicted molar refractivity (Wildman–Crippen MR) is 83.6 cm³/mol. The smallest absolute Gasteiger partial charge is 0.0917 e. The van der Waals surface area contributed by atoms with Crippen molar-refractivity contribution in [2.45, 2.75) is 31.5 Å². The van der Waals surface area contributed by atoms with E-state index in [0.717, 1.165) is 17.8 Å². The number of rotatable bonds is 6. The summed E-state index contributed by atoms with van der Waals surface area (Å²) in [6, 6.07) is 12.4. The van der Waals surface area contributed by atoms with Crippen molar-refractivity contribution >= 4 is 17.0 Å². The summed E-state index contributed by atoms with van der Waals surface area (Å²) < 4.78 is 0. The summed E-state index contributed by atoms with van der Waals surface area (Å²) in [5.41, 5.74) is 7.36. The van der Waals surface area contributed by atoms with Crippen molar-refractivity contribution in [2.75, 3.05) is 12.3 Å². The second kappa shape index (κ2) is 5.95. The van der Waals surface area contributed by atoms with Crippen LogP contribution in [0.4, 0.5) is 5.69 Å². The van der Waals surface area contributed by atoms with Crippen molar-refractivity contribution in [1.82, 2.24) is 4.90 Å². The summed E-state index contributed by atoms with van der Waals surface area (Å²) in [7, 11) is 0. The fraction of sp³-hybridized carbons (Fsp3) is 0.375. The fourth-order valence-corrected chi connectivity index (χ4v) is 3.16. The zero-order chi connectivity index (χ0) is 13.9. The largest absolute Gasteiger partial charge is 0.399 e. The van der Waals surface area contributed by atoms with E-state index in [1.807, 2.05) is 24.3 Å². The predicted octanol–water partition coefficient (Wildman–Crippen LogP) is 3.03. The van der Waals surface area contributed by atoms with Gasteiger partial charge in [0.15, 0.2) is 0 Å². The first-order chi connectivity index (χ1) is 9.72. The van der Waals surface area contributed by atoms with E-state index in [0.29, 0.717) is 12.6 Å². The van der Waals surface area contributed by atoms with Gasteiger partial charge < -0.3 is 10.8 Å². The molecule has 3 N–H and O–H groups in total. The Labute approximate surface area is 123 Å². The second-order valence-electron chi connectivity index (χ2n) is 5.42. The molecular formula is C16H20N2OS. The number of hydrogen-bond acceptors (Lipinski definition) is 4. The van der Waals surface area contributed by atoms with Crippen LogP contribution in [0.15, 0.2) is 41.8 Å². The molecule has 1 fully saturated rings. The van der Waals surface area contributed by atoms with Gasteiger partial charge in [0.1, 0.15) is 0 Å². The highest BCUT2D eigenvalue weighted by atomic mass is 32.1. The number of benzene rings is 1. The van der Waals surface area contributed by atoms with Gasteiger partial charge in [-0.1, -0.05) is 18.2 Å². The highest BCUT2D eigenvalue weighted by Crippen LogP contribution is 2.31. The van der Waals surface area contributed by atoms with Gasteiger partial charge in [0.05, 0.1) is 6.10 Å². The van der Waals surface area contributed by atoms with Crippen molar-refractivity contribution in [3.05, 3.63) is 52.2 Å². The van der Waals surface area contributed by atoms with Crippen LogP contribution in [0.25, 0.3) is 0 Å². The molecule has 0 radical (unpaired) electrons. The monoisotopic (exact) mass is 288 g/mol. The molecule has 106 valence electrons. The summed E-state index contributed by atoms with van der Waals surface area (Å²) in [4.78, 5) is 3.76. The molecule has 2 aromatic rings. The molecular weight excluding hydrogens is 268 g/mol. The van der Waals surface area contributed by atoms with Gasteiger partial charge in [-0.2, -0.15) is 0 Å². The van der Waals surface area contributed by atoms with Crippen LogP contribution in [0.2, 0.25) is 0 Å². The summed E-state index contributed by atoms with van der Waals surface area (Å²) >= 11 is 1.78. The van der Waals surface area contributed by atoms with Crippen LogP contribution >= 0.6 is 11.3 Å². The lowest BCUT2D eigenvalue weighted by atomic mass is 10.1. The number of thiophene rings is 1. The van der Waals surface area contributed by atoms with Crippen molar-refractivity contribution in [3.8, 4) is 0 Å². The zero-order valence-corrected chi connectivity index (χ0v) is 12.2. The highest BCUT2D eigenvalue weighted by Gasteiger charge is 2.30. The standard InChI is InChI=1S/C16H20N2OS/c17-13-5-3-12(4-6-13)16(19)11-18(14-7-8-14)10-15-2-1-9-20-15/h1-6,9,14,16,19H,7-8,10-11,17H2. The number of nitrogens with two attached hydrogens (primary N) is 1. The Kier molecular flexibility index (Phi) is 4.05. The molecule has 1 aromatic heterocycles. The Hall–Kier alpha value is -1.36. The molecule has 1 aromatic carbocycles. The minimum atomic E-state index is -0.448. The molecule has 1 atom stereocenters. The normalized spacial score (nSPS) is 16.5. The molecule has 0 saturated heterocycles. The van der Waals surface area contributed by atoms with E-state index in [1.54, 1.807) is 11.3 Å². The van der Waals surface area contributed by atoms with Crippen molar-refractivity contribution < 1.29 is 5.11 Å². The maximum Gasteiger partial charge on any atom is 0.0917 e. The molecule has 4 heteroatoms. The van der Waals surface area contributed by atoms with Gasteiger partial charge in [0.2, 0.25) is 0 Å². The average Bonchev–Trinajstić information content (AvgIpc) is 3.17. The second-order valence-corrected chi connectivity index (χ2v) is 6.45. The Balaban J connectivity index is 1.65. The third kappa shape index (κ3) is 3.39. The SMILES string of the molecule is Nc1ccc(C(O)CN(Cc2cccs2)C2CC2)cc1. The number of nitrogens with zero attached hydrogens (tertiary/aromatic N) is 1. The van der Waals surface area contributed by atoms with E-state index in [9.17, 15) is 5.11 Å². The third-order valence-corrected chi connectivity index (χ3v) is 4.59. The van der Waals surface area contributed by atoms with E-state index < -0.39 is 6.10 Å². The van der Waals surface area contributed by atoms with Gasteiger partial charge in [-0.05, 0) is 42.0 Å². The maximum atomic E-state index is 10.4. The molecule has 1 saturated carbocycles. The van der Waals surface area contributed by atoms with E-state index in [2.05, 4.69) is 22.4 Å². The van der Waals surface area contributed by atoms with Crippen LogP contribution in [-0.2, 0) is 6.54 Å². The number of nitrogen functional groups attached to an aromatic ring is 1. The van der Waals surface area contributed by atoms with Crippen molar-refractivity contribution in [1.29, 1.82) is 0 Å². The van der Waals surface area contributed by atoms with Crippen LogP contribution in [0.1, 0.15) is 29.4 Å². The number of anilines is 1. The van der Waals surface area contributed by atoms with Gasteiger partial charge in [-0.25, -0.2) is 0 Å². The number of hydrogen-bond donors (Lipinski definition) is 2. The zero-order valence-electron chi connectivity index (χ0n) is 11.4. The molecule has 1 unspecified atom stereocenters. The van der Waals surface area contributed by atoms with E-state index in [1.165, 1.54) is 17.7 Å². The number of aliphatic hydroxyl groups excluding tert-OH is 1. The van der Waals surface area contributed by atoms with Crippen LogP contribution in [-0.4, -0.2) is 22.6 Å². The highest BCUT2D eigenvalue weighted by molar-refractivity contribution is 7.09. The summed E-state index contributed by atoms with van der Waals surface area (Å²) in [6.45, 7) is 1.63. The first-order valence-electron chi connectivity index (χ1n) is 7.02. The minimum Gasteiger partial charge on any atom is -0.399 e. The van der Waals surface area contributed by atoms with Gasteiger partial charge in [0.25, 0.3) is 0 Å². The molecule has 1 aliphatic rings. The van der Waals surface area contributed by atoms with Crippen LogP contribution in [0.5, 0.6) is 0 Å². The molecule has 1 heterocycles. The van der Waals surface area contributed by atoms with E-state index in [4.69, 9.17) is 5.73 Å². The summed E-state index contributed by atoms with van der Waals surface area (Å²) in [5.74, 6) is 0. The molecule has 0 aliphatic heterocycles. The molecule has 3 nitrogen and oxygen atoms in total. The van der Waals surface area contributed by atoms with Gasteiger partial charge in [-0.3, -0.25) is 4.90 Å². The van der Waals surface area contributed by atoms with Crippen LogP contribution < -0.4 is 5.73 Å². The molecule has 0 spiro atoms. The molecule has 20 heavy (non-hydrogen) atoms. The lowest BCUT2D eigenvalue weighted by molar-refractivity contribution is 0.105. The van der Waals surface area contributed by atoms with Crippen molar-refractivity contribution in [3.63, 3.8) is 0 Å². The molecule has 0 amide bonds. The first kappa shape index (κ1) is 13.6. The van der Waals surface area contributed by atoms with E-state index in [-0.39, 0.29) is 0 Å². The first-order valence-corrected chi connectivity index (χ1v) is 7.90. The van der Waals surface area contributed by atoms with Crippen LogP contribution in [0.3, 0.4) is 0 Å². The number of aliphatic hydroxyl groups is 1.